The van der Waals surface area contributed by atoms with Crippen molar-refractivity contribution in [2.75, 3.05) is 0 Å². The van der Waals surface area contributed by atoms with Crippen molar-refractivity contribution in [2.45, 2.75) is 6.92 Å². The number of hydrogen-bond acceptors (Lipinski definition) is 7. The van der Waals surface area contributed by atoms with Gasteiger partial charge in [0.05, 0.1) is 0 Å². The number of aromatic hydroxyl groups is 1. The van der Waals surface area contributed by atoms with Crippen LogP contribution >= 0.6 is 11.3 Å². The van der Waals surface area contributed by atoms with Crippen LogP contribution in [0.3, 0.4) is 0 Å². The van der Waals surface area contributed by atoms with E-state index in [2.05, 4.69) is 14.8 Å². The van der Waals surface area contributed by atoms with Crippen LogP contribution < -0.4 is 5.48 Å². The Bertz CT molecular complexity index is 612. The van der Waals surface area contributed by atoms with Crippen LogP contribution in [0.5, 0.6) is 5.75 Å². The van der Waals surface area contributed by atoms with Crippen molar-refractivity contribution >= 4 is 23.2 Å². The fourth-order valence-corrected chi connectivity index (χ4v) is 1.90. The first kappa shape index (κ1) is 13.0. The van der Waals surface area contributed by atoms with Gasteiger partial charge in [-0.25, -0.2) is 9.97 Å². The van der Waals surface area contributed by atoms with E-state index in [1.807, 2.05) is 5.48 Å². The molecule has 98 valence electrons. The predicted molar refractivity (Wildman–Crippen MR) is 66.2 cm³/mol. The van der Waals surface area contributed by atoms with Crippen molar-refractivity contribution < 1.29 is 19.5 Å². The largest absolute Gasteiger partial charge is 0.505 e. The molecule has 0 aliphatic rings. The third-order valence-electron chi connectivity index (χ3n) is 2.05. The molecular weight excluding hydrogens is 270 g/mol. The molecule has 0 unspecified atom stereocenters. The normalized spacial score (nSPS) is 9.95. The number of carbonyl (C=O) groups excluding carboxylic acids is 2. The van der Waals surface area contributed by atoms with Gasteiger partial charge in [0.1, 0.15) is 10.8 Å². The summed E-state index contributed by atoms with van der Waals surface area (Å²) in [4.78, 5) is 34.3. The van der Waals surface area contributed by atoms with Gasteiger partial charge >= 0.3 is 11.9 Å². The number of hydrogen-bond donors (Lipinski definition) is 2. The molecule has 2 aromatic rings. The quantitative estimate of drug-likeness (QED) is 0.799. The smallest absolute Gasteiger partial charge is 0.329 e. The minimum absolute atomic E-state index is 0.235. The monoisotopic (exact) mass is 279 g/mol. The fraction of sp³-hybridized carbons (Fsp3) is 0.0909. The van der Waals surface area contributed by atoms with Gasteiger partial charge in [0, 0.05) is 30.3 Å². The molecule has 2 rings (SSSR count). The van der Waals surface area contributed by atoms with E-state index < -0.39 is 11.9 Å². The second-order valence-corrected chi connectivity index (χ2v) is 4.35. The highest BCUT2D eigenvalue weighted by Crippen LogP contribution is 2.25. The molecule has 0 aromatic carbocycles. The summed E-state index contributed by atoms with van der Waals surface area (Å²) >= 11 is 1.38. The first-order valence-corrected chi connectivity index (χ1v) is 6.02. The van der Waals surface area contributed by atoms with Gasteiger partial charge in [-0.1, -0.05) is 0 Å². The van der Waals surface area contributed by atoms with Gasteiger partial charge in [0.15, 0.2) is 5.69 Å². The number of thiazole rings is 1. The number of hydroxylamine groups is 1. The van der Waals surface area contributed by atoms with Gasteiger partial charge in [-0.3, -0.25) is 9.59 Å². The molecular formula is C11H9N3O4S. The Kier molecular flexibility index (Phi) is 3.71. The van der Waals surface area contributed by atoms with Crippen LogP contribution in [0, 0.1) is 0 Å². The van der Waals surface area contributed by atoms with Gasteiger partial charge < -0.3 is 9.94 Å². The van der Waals surface area contributed by atoms with Crippen LogP contribution in [0.2, 0.25) is 0 Å². The maximum Gasteiger partial charge on any atom is 0.329 e. The lowest BCUT2D eigenvalue weighted by molar-refractivity contribution is -0.146. The molecule has 0 radical (unpaired) electrons. The van der Waals surface area contributed by atoms with Crippen LogP contribution in [0.25, 0.3) is 10.6 Å². The number of nitrogens with zero attached hydrogens (tertiary/aromatic N) is 2. The van der Waals surface area contributed by atoms with Gasteiger partial charge in [-0.05, 0) is 6.07 Å². The average molecular weight is 279 g/mol. The lowest BCUT2D eigenvalue weighted by Gasteiger charge is -2.05. The van der Waals surface area contributed by atoms with Crippen LogP contribution in [0.15, 0.2) is 23.8 Å². The Morgan fingerprint density at radius 3 is 2.79 bits per heavy atom. The highest BCUT2D eigenvalue weighted by molar-refractivity contribution is 7.13. The maximum atomic E-state index is 11.5. The van der Waals surface area contributed by atoms with E-state index in [-0.39, 0.29) is 11.4 Å². The summed E-state index contributed by atoms with van der Waals surface area (Å²) in [5, 5.41) is 12.2. The zero-order valence-electron chi connectivity index (χ0n) is 9.78. The summed E-state index contributed by atoms with van der Waals surface area (Å²) < 4.78 is 0. The minimum Gasteiger partial charge on any atom is -0.505 e. The summed E-state index contributed by atoms with van der Waals surface area (Å²) in [6.45, 7) is 1.14. The van der Waals surface area contributed by atoms with E-state index in [4.69, 9.17) is 0 Å². The van der Waals surface area contributed by atoms with E-state index in [1.54, 1.807) is 11.6 Å². The standard InChI is InChI=1S/C11H9N3O4S/c1-6(15)18-14-10(17)9-8(16)4-7(5-13-9)11-12-2-3-19-11/h2-5,16H,1H3,(H,14,17). The molecule has 19 heavy (non-hydrogen) atoms. The predicted octanol–water partition coefficient (Wildman–Crippen LogP) is 1.12. The number of carbonyl (C=O) groups is 2. The fourth-order valence-electron chi connectivity index (χ4n) is 1.28. The van der Waals surface area contributed by atoms with Crippen LogP contribution in [0.4, 0.5) is 0 Å². The summed E-state index contributed by atoms with van der Waals surface area (Å²) in [6.07, 6.45) is 3.03. The van der Waals surface area contributed by atoms with Crippen molar-refractivity contribution in [3.8, 4) is 16.3 Å². The van der Waals surface area contributed by atoms with E-state index in [1.165, 1.54) is 23.6 Å². The van der Waals surface area contributed by atoms with E-state index >= 15 is 0 Å². The summed E-state index contributed by atoms with van der Waals surface area (Å²) in [7, 11) is 0. The third-order valence-corrected chi connectivity index (χ3v) is 2.87. The van der Waals surface area contributed by atoms with Gasteiger partial charge in [-0.2, -0.15) is 5.48 Å². The molecule has 2 aromatic heterocycles. The molecule has 7 nitrogen and oxygen atoms in total. The summed E-state index contributed by atoms with van der Waals surface area (Å²) in [5.74, 6) is -1.80. The molecule has 0 bridgehead atoms. The van der Waals surface area contributed by atoms with Gasteiger partial charge in [-0.15, -0.1) is 11.3 Å². The number of pyridine rings is 1. The Balaban J connectivity index is 2.20. The highest BCUT2D eigenvalue weighted by Gasteiger charge is 2.15. The van der Waals surface area contributed by atoms with Gasteiger partial charge in [0.2, 0.25) is 0 Å². The average Bonchev–Trinajstić information content (AvgIpc) is 2.89. The molecule has 0 aliphatic heterocycles. The second-order valence-electron chi connectivity index (χ2n) is 3.45. The molecule has 0 spiro atoms. The first-order chi connectivity index (χ1) is 9.08. The zero-order chi connectivity index (χ0) is 13.8. The van der Waals surface area contributed by atoms with E-state index in [0.29, 0.717) is 10.6 Å². The van der Waals surface area contributed by atoms with Crippen LogP contribution in [-0.4, -0.2) is 27.0 Å². The molecule has 2 N–H and O–H groups in total. The Labute approximate surface area is 111 Å². The first-order valence-electron chi connectivity index (χ1n) is 5.14. The van der Waals surface area contributed by atoms with Crippen LogP contribution in [0.1, 0.15) is 17.4 Å². The van der Waals surface area contributed by atoms with Gasteiger partial charge in [0.25, 0.3) is 0 Å². The zero-order valence-corrected chi connectivity index (χ0v) is 10.6. The summed E-state index contributed by atoms with van der Waals surface area (Å²) in [6, 6.07) is 1.37. The number of rotatable bonds is 2. The third kappa shape index (κ3) is 3.05. The van der Waals surface area contributed by atoms with Crippen molar-refractivity contribution in [1.82, 2.24) is 15.4 Å². The lowest BCUT2D eigenvalue weighted by Crippen LogP contribution is -2.26. The Hall–Kier alpha value is -2.48. The second kappa shape index (κ2) is 5.44. The topological polar surface area (TPSA) is 101 Å². The molecule has 0 saturated heterocycles. The molecule has 1 amide bonds. The summed E-state index contributed by atoms with van der Waals surface area (Å²) in [5.41, 5.74) is 2.23. The SMILES string of the molecule is CC(=O)ONC(=O)c1ncc(-c2nccs2)cc1O. The lowest BCUT2D eigenvalue weighted by atomic mass is 10.2. The highest BCUT2D eigenvalue weighted by atomic mass is 32.1. The van der Waals surface area contributed by atoms with E-state index in [9.17, 15) is 14.7 Å². The van der Waals surface area contributed by atoms with Crippen molar-refractivity contribution in [2.24, 2.45) is 0 Å². The Morgan fingerprint density at radius 1 is 1.42 bits per heavy atom. The molecule has 0 saturated carbocycles. The van der Waals surface area contributed by atoms with Crippen molar-refractivity contribution in [1.29, 1.82) is 0 Å². The Morgan fingerprint density at radius 2 is 2.21 bits per heavy atom. The number of amides is 1. The number of nitrogens with one attached hydrogen (secondary N) is 1. The molecule has 0 fully saturated rings. The van der Waals surface area contributed by atoms with Crippen LogP contribution in [-0.2, 0) is 9.63 Å². The number of aromatic nitrogens is 2. The minimum atomic E-state index is -0.807. The van der Waals surface area contributed by atoms with Crippen molar-refractivity contribution in [3.63, 3.8) is 0 Å². The van der Waals surface area contributed by atoms with E-state index in [0.717, 1.165) is 6.92 Å². The molecule has 0 atom stereocenters. The molecule has 2 heterocycles. The molecule has 8 heteroatoms. The maximum absolute atomic E-state index is 11.5. The van der Waals surface area contributed by atoms with Crippen molar-refractivity contribution in [3.05, 3.63) is 29.5 Å². The molecule has 0 aliphatic carbocycles.